The molecule has 6 heteroatoms. The lowest BCUT2D eigenvalue weighted by atomic mass is 10.1. The number of esters is 1. The van der Waals surface area contributed by atoms with E-state index in [1.54, 1.807) is 13.8 Å². The number of hydrogen-bond acceptors (Lipinski definition) is 4. The number of ether oxygens (including phenoxy) is 3. The second-order valence-corrected chi connectivity index (χ2v) is 4.08. The topological polar surface area (TPSA) is 44.8 Å². The number of rotatable bonds is 4. The van der Waals surface area contributed by atoms with Gasteiger partial charge in [0, 0.05) is 0 Å². The van der Waals surface area contributed by atoms with Crippen LogP contribution in [0, 0.1) is 0 Å². The predicted octanol–water partition coefficient (Wildman–Crippen LogP) is 1.73. The smallest absolute Gasteiger partial charge is 0.377 e. The van der Waals surface area contributed by atoms with Crippen molar-refractivity contribution in [1.29, 1.82) is 0 Å². The SMILES string of the molecule is CCOC(=O)C(F)(F)C[C@@H]1COC(C)(C)O1. The Morgan fingerprint density at radius 3 is 2.62 bits per heavy atom. The lowest BCUT2D eigenvalue weighted by Gasteiger charge is -2.20. The Morgan fingerprint density at radius 1 is 1.56 bits per heavy atom. The summed E-state index contributed by atoms with van der Waals surface area (Å²) >= 11 is 0. The van der Waals surface area contributed by atoms with Gasteiger partial charge in [0.1, 0.15) is 0 Å². The molecule has 0 spiro atoms. The van der Waals surface area contributed by atoms with Crippen LogP contribution in [0.25, 0.3) is 0 Å². The summed E-state index contributed by atoms with van der Waals surface area (Å²) < 4.78 is 41.2. The maximum atomic E-state index is 13.3. The summed E-state index contributed by atoms with van der Waals surface area (Å²) in [5.41, 5.74) is 0. The van der Waals surface area contributed by atoms with Gasteiger partial charge in [0.05, 0.1) is 25.7 Å². The van der Waals surface area contributed by atoms with E-state index in [1.807, 2.05) is 0 Å². The maximum Gasteiger partial charge on any atom is 0.377 e. The van der Waals surface area contributed by atoms with E-state index in [9.17, 15) is 13.6 Å². The van der Waals surface area contributed by atoms with Crippen molar-refractivity contribution >= 4 is 5.97 Å². The summed E-state index contributed by atoms with van der Waals surface area (Å²) in [7, 11) is 0. The Morgan fingerprint density at radius 2 is 2.19 bits per heavy atom. The highest BCUT2D eigenvalue weighted by Gasteiger charge is 2.46. The quantitative estimate of drug-likeness (QED) is 0.700. The molecular weight excluding hydrogens is 222 g/mol. The Balaban J connectivity index is 2.50. The van der Waals surface area contributed by atoms with Gasteiger partial charge < -0.3 is 14.2 Å². The molecule has 0 aromatic rings. The first kappa shape index (κ1) is 13.3. The second kappa shape index (κ2) is 4.63. The number of carbonyl (C=O) groups is 1. The van der Waals surface area contributed by atoms with Gasteiger partial charge in [-0.15, -0.1) is 0 Å². The monoisotopic (exact) mass is 238 g/mol. The van der Waals surface area contributed by atoms with E-state index in [-0.39, 0.29) is 13.2 Å². The van der Waals surface area contributed by atoms with Gasteiger partial charge in [-0.1, -0.05) is 0 Å². The van der Waals surface area contributed by atoms with Crippen molar-refractivity contribution in [1.82, 2.24) is 0 Å². The molecule has 1 rings (SSSR count). The van der Waals surface area contributed by atoms with Crippen LogP contribution in [-0.2, 0) is 19.0 Å². The predicted molar refractivity (Wildman–Crippen MR) is 51.1 cm³/mol. The molecule has 94 valence electrons. The van der Waals surface area contributed by atoms with E-state index in [0.717, 1.165) is 0 Å². The average Bonchev–Trinajstić information content (AvgIpc) is 2.45. The lowest BCUT2D eigenvalue weighted by Crippen LogP contribution is -2.36. The molecule has 1 atom stereocenters. The largest absolute Gasteiger partial charge is 0.462 e. The standard InChI is InChI=1S/C10H16F2O4/c1-4-14-8(13)10(11,12)5-7-6-15-9(2,3)16-7/h7H,4-6H2,1-3H3/t7-/m1/s1. The first-order valence-corrected chi connectivity index (χ1v) is 5.13. The van der Waals surface area contributed by atoms with Gasteiger partial charge >= 0.3 is 11.9 Å². The molecule has 16 heavy (non-hydrogen) atoms. The molecular formula is C10H16F2O4. The van der Waals surface area contributed by atoms with Gasteiger partial charge in [-0.25, -0.2) is 4.79 Å². The van der Waals surface area contributed by atoms with Crippen LogP contribution in [0.1, 0.15) is 27.2 Å². The van der Waals surface area contributed by atoms with E-state index in [1.165, 1.54) is 6.92 Å². The maximum absolute atomic E-state index is 13.3. The first-order valence-electron chi connectivity index (χ1n) is 5.13. The Bertz CT molecular complexity index is 266. The van der Waals surface area contributed by atoms with Crippen LogP contribution >= 0.6 is 0 Å². The van der Waals surface area contributed by atoms with Crippen LogP contribution in [-0.4, -0.2) is 37.0 Å². The van der Waals surface area contributed by atoms with Crippen LogP contribution in [0.3, 0.4) is 0 Å². The zero-order chi connectivity index (χ0) is 12.4. The van der Waals surface area contributed by atoms with Gasteiger partial charge in [0.2, 0.25) is 0 Å². The van der Waals surface area contributed by atoms with E-state index in [0.29, 0.717) is 0 Å². The highest BCUT2D eigenvalue weighted by Crippen LogP contribution is 2.30. The zero-order valence-corrected chi connectivity index (χ0v) is 9.59. The van der Waals surface area contributed by atoms with Gasteiger partial charge in [0.15, 0.2) is 5.79 Å². The van der Waals surface area contributed by atoms with Gasteiger partial charge in [-0.05, 0) is 20.8 Å². The number of carbonyl (C=O) groups excluding carboxylic acids is 1. The summed E-state index contributed by atoms with van der Waals surface area (Å²) in [5, 5.41) is 0. The molecule has 1 aliphatic rings. The van der Waals surface area contributed by atoms with Gasteiger partial charge in [-0.2, -0.15) is 8.78 Å². The molecule has 0 aliphatic carbocycles. The van der Waals surface area contributed by atoms with Crippen molar-refractivity contribution in [3.8, 4) is 0 Å². The summed E-state index contributed by atoms with van der Waals surface area (Å²) in [6, 6.07) is 0. The highest BCUT2D eigenvalue weighted by molar-refractivity contribution is 5.77. The minimum Gasteiger partial charge on any atom is -0.462 e. The van der Waals surface area contributed by atoms with Crippen molar-refractivity contribution in [2.45, 2.75) is 45.0 Å². The third kappa shape index (κ3) is 3.38. The van der Waals surface area contributed by atoms with Gasteiger partial charge in [0.25, 0.3) is 0 Å². The average molecular weight is 238 g/mol. The molecule has 0 unspecified atom stereocenters. The second-order valence-electron chi connectivity index (χ2n) is 4.08. The van der Waals surface area contributed by atoms with E-state index >= 15 is 0 Å². The van der Waals surface area contributed by atoms with Crippen LogP contribution in [0.2, 0.25) is 0 Å². The zero-order valence-electron chi connectivity index (χ0n) is 9.59. The summed E-state index contributed by atoms with van der Waals surface area (Å²) in [6.07, 6.45) is -1.50. The molecule has 0 aromatic heterocycles. The number of halogens is 2. The molecule has 0 aromatic carbocycles. The fourth-order valence-electron chi connectivity index (χ4n) is 1.47. The van der Waals surface area contributed by atoms with Crippen LogP contribution < -0.4 is 0 Å². The minimum absolute atomic E-state index is 0.0575. The van der Waals surface area contributed by atoms with E-state index in [4.69, 9.17) is 9.47 Å². The summed E-state index contributed by atoms with van der Waals surface area (Å²) in [4.78, 5) is 10.9. The number of hydrogen-bond donors (Lipinski definition) is 0. The molecule has 4 nitrogen and oxygen atoms in total. The minimum atomic E-state index is -3.52. The molecule has 1 aliphatic heterocycles. The Hall–Kier alpha value is -0.750. The van der Waals surface area contributed by atoms with Crippen LogP contribution in [0.4, 0.5) is 8.78 Å². The number of alkyl halides is 2. The Kier molecular flexibility index (Phi) is 3.85. The van der Waals surface area contributed by atoms with Crippen molar-refractivity contribution in [2.75, 3.05) is 13.2 Å². The molecule has 1 fully saturated rings. The third-order valence-corrected chi connectivity index (χ3v) is 2.13. The first-order chi connectivity index (χ1) is 7.27. The van der Waals surface area contributed by atoms with E-state index in [2.05, 4.69) is 4.74 Å². The molecule has 1 saturated heterocycles. The van der Waals surface area contributed by atoms with Crippen molar-refractivity contribution < 1.29 is 27.8 Å². The van der Waals surface area contributed by atoms with Crippen molar-refractivity contribution in [3.63, 3.8) is 0 Å². The summed E-state index contributed by atoms with van der Waals surface area (Å²) in [6.45, 7) is 4.74. The Labute approximate surface area is 92.9 Å². The molecule has 1 heterocycles. The third-order valence-electron chi connectivity index (χ3n) is 2.13. The highest BCUT2D eigenvalue weighted by atomic mass is 19.3. The normalized spacial score (nSPS) is 24.4. The fraction of sp³-hybridized carbons (Fsp3) is 0.900. The fourth-order valence-corrected chi connectivity index (χ4v) is 1.47. The van der Waals surface area contributed by atoms with E-state index < -0.39 is 30.2 Å². The van der Waals surface area contributed by atoms with Crippen molar-refractivity contribution in [2.24, 2.45) is 0 Å². The molecule has 0 amide bonds. The van der Waals surface area contributed by atoms with Crippen LogP contribution in [0.15, 0.2) is 0 Å². The molecule has 0 radical (unpaired) electrons. The molecule has 0 bridgehead atoms. The molecule has 0 N–H and O–H groups in total. The van der Waals surface area contributed by atoms with Crippen LogP contribution in [0.5, 0.6) is 0 Å². The van der Waals surface area contributed by atoms with Gasteiger partial charge in [-0.3, -0.25) is 0 Å². The molecule has 0 saturated carbocycles. The summed E-state index contributed by atoms with van der Waals surface area (Å²) in [5.74, 6) is -5.90. The lowest BCUT2D eigenvalue weighted by molar-refractivity contribution is -0.180. The van der Waals surface area contributed by atoms with Crippen molar-refractivity contribution in [3.05, 3.63) is 0 Å².